The van der Waals surface area contributed by atoms with Crippen molar-refractivity contribution in [2.75, 3.05) is 21.4 Å². The number of nitrogens with zero attached hydrogens (tertiary/aromatic N) is 5. The molecule has 2 aromatic heterocycles. The van der Waals surface area contributed by atoms with E-state index in [0.717, 1.165) is 83.8 Å². The Balaban J connectivity index is 0.843. The Morgan fingerprint density at radius 3 is 1.65 bits per heavy atom. The minimum absolute atomic E-state index is 0.101. The highest BCUT2D eigenvalue weighted by Gasteiger charge is 2.52. The van der Waals surface area contributed by atoms with Crippen molar-refractivity contribution in [2.45, 2.75) is 117 Å². The molecule has 14 aromatic rings. The normalized spacial score (nSPS) is 14.9. The number of benzene rings is 12. The lowest BCUT2D eigenvalue weighted by atomic mass is 9.64. The summed E-state index contributed by atoms with van der Waals surface area (Å²) in [5.74, 6) is 0.904. The quantitative estimate of drug-likeness (QED) is 0.144. The predicted octanol–water partition coefficient (Wildman–Crippen LogP) is 25.9. The van der Waals surface area contributed by atoms with E-state index in [1.165, 1.54) is 50.1 Å². The molecule has 1 aliphatic carbocycles. The molecule has 12 aromatic carbocycles. The van der Waals surface area contributed by atoms with Crippen molar-refractivity contribution in [1.82, 2.24) is 9.55 Å². The number of pyridine rings is 1. The summed E-state index contributed by atoms with van der Waals surface area (Å²) >= 11 is 0. The van der Waals surface area contributed by atoms with E-state index in [9.17, 15) is 4.11 Å². The molecular weight excluding hydrogens is 1240 g/mol. The second kappa shape index (κ2) is 23.7. The molecule has 17 rings (SSSR count). The Kier molecular flexibility index (Phi) is 13.4. The monoisotopic (exact) mass is 1330 g/mol. The molecule has 0 fully saturated rings. The van der Waals surface area contributed by atoms with Crippen LogP contribution in [0, 0.1) is 6.85 Å². The number of aryl methyl sites for hydroxylation is 1. The first-order chi connectivity index (χ1) is 51.5. The molecule has 102 heavy (non-hydrogen) atoms. The minimum Gasteiger partial charge on any atom is -0.457 e. The van der Waals surface area contributed by atoms with Crippen molar-refractivity contribution in [2.24, 2.45) is 0 Å². The number of para-hydroxylation sites is 6. The fourth-order valence-corrected chi connectivity index (χ4v) is 16.1. The number of fused-ring (bicyclic) bond motifs is 13. The van der Waals surface area contributed by atoms with Gasteiger partial charge in [-0.15, -0.1) is 0 Å². The van der Waals surface area contributed by atoms with Gasteiger partial charge in [-0.25, -0.2) is 4.98 Å². The van der Waals surface area contributed by atoms with Crippen molar-refractivity contribution < 1.29 is 13.0 Å². The van der Waals surface area contributed by atoms with Gasteiger partial charge in [0.25, 0.3) is 0 Å². The average Bonchev–Trinajstić information content (AvgIpc) is 1.43. The topological polar surface area (TPSA) is 36.8 Å². The van der Waals surface area contributed by atoms with E-state index in [1.54, 1.807) is 18.3 Å². The van der Waals surface area contributed by atoms with Crippen LogP contribution >= 0.6 is 0 Å². The highest BCUT2D eigenvalue weighted by atomic mass is 16.5. The van der Waals surface area contributed by atoms with E-state index in [2.05, 4.69) is 280 Å². The zero-order valence-electron chi connectivity index (χ0n) is 66.2. The Labute approximate surface area is 610 Å². The molecule has 4 heterocycles. The number of ether oxygens (including phenoxy) is 1. The fourth-order valence-electron chi connectivity index (χ4n) is 16.1. The van der Waals surface area contributed by atoms with Gasteiger partial charge in [0.2, 0.25) is 0 Å². The predicted molar refractivity (Wildman–Crippen MR) is 429 cm³/mol. The third-order valence-electron chi connectivity index (χ3n) is 21.4. The second-order valence-electron chi connectivity index (χ2n) is 32.0. The Morgan fingerprint density at radius 2 is 0.961 bits per heavy atom. The largest absolute Gasteiger partial charge is 0.457 e. The van der Waals surface area contributed by atoms with Crippen LogP contribution in [0.5, 0.6) is 11.5 Å². The van der Waals surface area contributed by atoms with E-state index in [1.807, 2.05) is 65.2 Å². The molecule has 0 bridgehead atoms. The van der Waals surface area contributed by atoms with Crippen LogP contribution in [0.25, 0.3) is 72.1 Å². The molecule has 1 spiro atoms. The number of aromatic nitrogens is 2. The first-order valence-electron chi connectivity index (χ1n) is 38.7. The van der Waals surface area contributed by atoms with Crippen LogP contribution in [-0.4, -0.2) is 16.2 Å². The van der Waals surface area contributed by atoms with Crippen LogP contribution in [0.1, 0.15) is 141 Å². The van der Waals surface area contributed by atoms with E-state index in [4.69, 9.17) is 13.8 Å². The van der Waals surface area contributed by atoms with Crippen LogP contribution in [0.2, 0.25) is 0 Å². The van der Waals surface area contributed by atoms with Crippen molar-refractivity contribution >= 4 is 61.6 Å². The maximum absolute atomic E-state index is 9.97. The van der Waals surface area contributed by atoms with Gasteiger partial charge in [0.1, 0.15) is 24.0 Å². The van der Waals surface area contributed by atoms with Gasteiger partial charge in [0.15, 0.2) is 0 Å². The SMILES string of the molecule is [2H]c1c(Oc2ccc3c4ccccc4n(-c4cc(C([2H])([2H])[2H])c(-c5cccc(C(C)(C)C)c5)cn4)c3c2)cc(N2CN(c3c(-c4cc(C(C)(C)C)cc(C(C)(C)C)c4)cc(C(C)(C)C)cc3-c3ccc4c(c3)C3(c5ccccc5-4)c4ccccc4N(c4ccccc4)c4ccccc43)c3ccccc32)c([2H])c1[2H]. The summed E-state index contributed by atoms with van der Waals surface area (Å²) in [5.41, 5.74) is 24.1. The van der Waals surface area contributed by atoms with Crippen LogP contribution in [0.3, 0.4) is 0 Å². The summed E-state index contributed by atoms with van der Waals surface area (Å²) in [7, 11) is 0. The maximum Gasteiger partial charge on any atom is 0.137 e. The molecule has 0 amide bonds. The molecule has 0 unspecified atom stereocenters. The molecule has 0 radical (unpaired) electrons. The van der Waals surface area contributed by atoms with Crippen molar-refractivity contribution in [1.29, 1.82) is 0 Å². The maximum atomic E-state index is 9.97. The molecular formula is C96H87N5O. The Morgan fingerprint density at radius 1 is 0.392 bits per heavy atom. The molecule has 6 nitrogen and oxygen atoms in total. The standard InChI is InChI=1S/C96H87N5O/c1-61-49-90(97-59-79(61)62-29-27-30-65(50-62)92(2,3)4)101-84-40-22-18-36-75(84)76-48-46-72(58-89(76)101)102-71-34-28-33-70(57-71)98-60-99(88-44-26-25-43-87(88)98)91-77(55-68(95(11,12)13)56-78(91)64-51-66(93(5,6)7)54-67(52-64)94(8,9)10)63-45-47-74-73-35-17-19-37-80(73)96(83(74)53-63)81-38-20-23-41-85(81)100(69-31-15-14-16-32-69)86-42-24-21-39-82(86)96/h14-59H,60H2,1-13H3/i1D3,28D,33D,34D. The number of rotatable bonds is 9. The van der Waals surface area contributed by atoms with Gasteiger partial charge in [-0.1, -0.05) is 253 Å². The molecule has 0 saturated heterocycles. The third-order valence-corrected chi connectivity index (χ3v) is 21.4. The van der Waals surface area contributed by atoms with Crippen molar-refractivity contribution in [3.63, 3.8) is 0 Å². The van der Waals surface area contributed by atoms with Crippen LogP contribution < -0.4 is 19.4 Å². The molecule has 3 aliphatic rings. The van der Waals surface area contributed by atoms with Gasteiger partial charge in [-0.3, -0.25) is 4.57 Å². The van der Waals surface area contributed by atoms with E-state index >= 15 is 0 Å². The van der Waals surface area contributed by atoms with Gasteiger partial charge >= 0.3 is 0 Å². The summed E-state index contributed by atoms with van der Waals surface area (Å²) in [6.07, 6.45) is 1.68. The Hall–Kier alpha value is -11.2. The summed E-state index contributed by atoms with van der Waals surface area (Å²) in [4.78, 5) is 12.0. The van der Waals surface area contributed by atoms with Crippen LogP contribution in [0.4, 0.5) is 39.8 Å². The first-order valence-corrected chi connectivity index (χ1v) is 35.7. The van der Waals surface area contributed by atoms with E-state index in [-0.39, 0.29) is 57.8 Å². The zero-order valence-corrected chi connectivity index (χ0v) is 60.2. The van der Waals surface area contributed by atoms with E-state index < -0.39 is 12.3 Å². The van der Waals surface area contributed by atoms with Crippen LogP contribution in [-0.2, 0) is 27.1 Å². The summed E-state index contributed by atoms with van der Waals surface area (Å²) in [5, 5.41) is 1.82. The van der Waals surface area contributed by atoms with E-state index in [0.29, 0.717) is 28.3 Å². The fraction of sp³-hybridized carbons (Fsp3) is 0.198. The smallest absolute Gasteiger partial charge is 0.137 e. The van der Waals surface area contributed by atoms with Crippen LogP contribution in [0.15, 0.2) is 279 Å². The summed E-state index contributed by atoms with van der Waals surface area (Å²) in [6, 6.07) is 89.9. The molecule has 6 heteroatoms. The molecule has 502 valence electrons. The third kappa shape index (κ3) is 10.5. The highest BCUT2D eigenvalue weighted by Crippen LogP contribution is 2.64. The number of hydrogen-bond donors (Lipinski definition) is 0. The lowest BCUT2D eigenvalue weighted by Crippen LogP contribution is -2.36. The number of hydrogen-bond acceptors (Lipinski definition) is 5. The lowest BCUT2D eigenvalue weighted by molar-refractivity contribution is 0.483. The minimum atomic E-state index is -2.48. The van der Waals surface area contributed by atoms with Gasteiger partial charge in [0.05, 0.1) is 49.0 Å². The highest BCUT2D eigenvalue weighted by molar-refractivity contribution is 6.10. The second-order valence-corrected chi connectivity index (χ2v) is 32.0. The summed E-state index contributed by atoms with van der Waals surface area (Å²) in [6.45, 7) is 24.9. The lowest BCUT2D eigenvalue weighted by Gasteiger charge is -2.45. The molecule has 0 saturated carbocycles. The van der Waals surface area contributed by atoms with Gasteiger partial charge < -0.3 is 19.4 Å². The van der Waals surface area contributed by atoms with Crippen molar-refractivity contribution in [3.8, 4) is 61.8 Å². The molecule has 0 atom stereocenters. The van der Waals surface area contributed by atoms with Gasteiger partial charge in [-0.05, 0) is 197 Å². The average molecular weight is 1330 g/mol. The Bertz CT molecular complexity index is 5920. The number of anilines is 7. The molecule has 0 N–H and O–H groups in total. The molecule has 2 aliphatic heterocycles. The first kappa shape index (κ1) is 57.5. The van der Waals surface area contributed by atoms with Gasteiger partial charge in [-0.2, -0.15) is 0 Å². The summed E-state index contributed by atoms with van der Waals surface area (Å²) < 4.78 is 64.9. The van der Waals surface area contributed by atoms with Crippen molar-refractivity contribution in [3.05, 3.63) is 329 Å². The van der Waals surface area contributed by atoms with Gasteiger partial charge in [0, 0.05) is 61.3 Å². The zero-order chi connectivity index (χ0) is 75.5.